The van der Waals surface area contributed by atoms with E-state index >= 15 is 0 Å². The predicted octanol–water partition coefficient (Wildman–Crippen LogP) is 4.83. The van der Waals surface area contributed by atoms with Gasteiger partial charge in [-0.05, 0) is 60.0 Å². The largest absolute Gasteiger partial charge is 0.450 e. The minimum Gasteiger partial charge on any atom is -0.450 e. The number of aryl methyl sites for hydroxylation is 3. The van der Waals surface area contributed by atoms with Crippen molar-refractivity contribution in [3.05, 3.63) is 63.3 Å². The maximum absolute atomic E-state index is 12.6. The Morgan fingerprint density at radius 3 is 2.41 bits per heavy atom. The summed E-state index contributed by atoms with van der Waals surface area (Å²) in [5.41, 5.74) is 4.55. The van der Waals surface area contributed by atoms with Crippen LogP contribution in [0.2, 0.25) is 0 Å². The van der Waals surface area contributed by atoms with E-state index in [1.165, 1.54) is 4.90 Å². The second-order valence-electron chi connectivity index (χ2n) is 6.75. The minimum atomic E-state index is -0.342. The molecule has 0 radical (unpaired) electrons. The molecule has 2 amide bonds. The van der Waals surface area contributed by atoms with Crippen molar-refractivity contribution in [1.29, 1.82) is 0 Å². The van der Waals surface area contributed by atoms with Gasteiger partial charge in [0, 0.05) is 18.1 Å². The molecule has 0 unspecified atom stereocenters. The first kappa shape index (κ1) is 19.2. The normalized spacial score (nSPS) is 10.9. The van der Waals surface area contributed by atoms with E-state index < -0.39 is 0 Å². The fraction of sp³-hybridized carbons (Fsp3) is 0.238. The number of furan rings is 1. The van der Waals surface area contributed by atoms with Gasteiger partial charge < -0.3 is 14.6 Å². The Hall–Kier alpha value is -2.60. The standard InChI is InChI=1S/C21H21BrN2O3/c1-12-8-13(2)19(14(3)9-12)23-18(25)11-24(4)21(26)17-10-15-6-5-7-16(22)20(15)27-17/h5-10H,11H2,1-4H3,(H,23,25). The molecule has 140 valence electrons. The quantitative estimate of drug-likeness (QED) is 0.646. The van der Waals surface area contributed by atoms with Crippen LogP contribution < -0.4 is 5.32 Å². The van der Waals surface area contributed by atoms with Gasteiger partial charge in [-0.3, -0.25) is 9.59 Å². The van der Waals surface area contributed by atoms with Crippen LogP contribution in [-0.2, 0) is 4.79 Å². The number of rotatable bonds is 4. The van der Waals surface area contributed by atoms with E-state index in [1.54, 1.807) is 13.1 Å². The number of benzene rings is 2. The second kappa shape index (κ2) is 7.56. The number of fused-ring (bicyclic) bond motifs is 1. The van der Waals surface area contributed by atoms with Crippen molar-refractivity contribution >= 4 is 44.4 Å². The lowest BCUT2D eigenvalue weighted by atomic mass is 10.1. The predicted molar refractivity (Wildman–Crippen MR) is 110 cm³/mol. The first-order valence-electron chi connectivity index (χ1n) is 8.57. The summed E-state index contributed by atoms with van der Waals surface area (Å²) in [7, 11) is 1.58. The highest BCUT2D eigenvalue weighted by Crippen LogP contribution is 2.27. The van der Waals surface area contributed by atoms with Crippen molar-refractivity contribution < 1.29 is 14.0 Å². The SMILES string of the molecule is Cc1cc(C)c(NC(=O)CN(C)C(=O)c2cc3cccc(Br)c3o2)c(C)c1. The molecular weight excluding hydrogens is 408 g/mol. The summed E-state index contributed by atoms with van der Waals surface area (Å²) < 4.78 is 6.45. The van der Waals surface area contributed by atoms with Gasteiger partial charge >= 0.3 is 0 Å². The number of anilines is 1. The highest BCUT2D eigenvalue weighted by atomic mass is 79.9. The first-order chi connectivity index (χ1) is 12.8. The number of halogens is 1. The van der Waals surface area contributed by atoms with E-state index in [0.717, 1.165) is 32.2 Å². The van der Waals surface area contributed by atoms with E-state index in [2.05, 4.69) is 21.2 Å². The summed E-state index contributed by atoms with van der Waals surface area (Å²) in [6.07, 6.45) is 0. The minimum absolute atomic E-state index is 0.0657. The number of hydrogen-bond donors (Lipinski definition) is 1. The number of amides is 2. The highest BCUT2D eigenvalue weighted by Gasteiger charge is 2.20. The van der Waals surface area contributed by atoms with Crippen LogP contribution >= 0.6 is 15.9 Å². The molecule has 0 aliphatic heterocycles. The third-order valence-electron chi connectivity index (χ3n) is 4.38. The molecule has 0 fully saturated rings. The molecule has 0 atom stereocenters. The van der Waals surface area contributed by atoms with E-state index in [1.807, 2.05) is 51.1 Å². The van der Waals surface area contributed by atoms with Gasteiger partial charge in [0.15, 0.2) is 5.76 Å². The summed E-state index contributed by atoms with van der Waals surface area (Å²) in [5, 5.41) is 3.74. The molecule has 3 rings (SSSR count). The monoisotopic (exact) mass is 428 g/mol. The van der Waals surface area contributed by atoms with Crippen molar-refractivity contribution in [2.45, 2.75) is 20.8 Å². The van der Waals surface area contributed by atoms with Gasteiger partial charge in [-0.15, -0.1) is 0 Å². The van der Waals surface area contributed by atoms with Gasteiger partial charge in [0.1, 0.15) is 5.58 Å². The number of carbonyl (C=O) groups is 2. The molecule has 0 saturated carbocycles. The van der Waals surface area contributed by atoms with Crippen molar-refractivity contribution in [2.75, 3.05) is 18.9 Å². The molecule has 0 aliphatic rings. The van der Waals surface area contributed by atoms with E-state index in [9.17, 15) is 9.59 Å². The fourth-order valence-corrected chi connectivity index (χ4v) is 3.63. The van der Waals surface area contributed by atoms with Gasteiger partial charge in [0.2, 0.25) is 5.91 Å². The molecule has 5 nitrogen and oxygen atoms in total. The Labute approximate surface area is 166 Å². The number of likely N-dealkylation sites (N-methyl/N-ethyl adjacent to an activating group) is 1. The number of nitrogens with zero attached hydrogens (tertiary/aromatic N) is 1. The summed E-state index contributed by atoms with van der Waals surface area (Å²) in [5.74, 6) is -0.390. The average Bonchev–Trinajstić information content (AvgIpc) is 3.03. The lowest BCUT2D eigenvalue weighted by Gasteiger charge is -2.17. The Morgan fingerprint density at radius 1 is 1.11 bits per heavy atom. The second-order valence-corrected chi connectivity index (χ2v) is 7.61. The zero-order chi connectivity index (χ0) is 19.7. The van der Waals surface area contributed by atoms with E-state index in [4.69, 9.17) is 4.42 Å². The van der Waals surface area contributed by atoms with Gasteiger partial charge in [0.25, 0.3) is 5.91 Å². The Morgan fingerprint density at radius 2 is 1.78 bits per heavy atom. The third kappa shape index (κ3) is 4.06. The maximum Gasteiger partial charge on any atom is 0.289 e. The van der Waals surface area contributed by atoms with Crippen LogP contribution in [0.15, 0.2) is 45.3 Å². The van der Waals surface area contributed by atoms with Crippen LogP contribution in [0.1, 0.15) is 27.2 Å². The molecule has 3 aromatic rings. The summed E-state index contributed by atoms with van der Waals surface area (Å²) in [6.45, 7) is 5.86. The van der Waals surface area contributed by atoms with Gasteiger partial charge in [-0.2, -0.15) is 0 Å². The third-order valence-corrected chi connectivity index (χ3v) is 5.00. The molecule has 0 bridgehead atoms. The molecule has 6 heteroatoms. The van der Waals surface area contributed by atoms with E-state index in [0.29, 0.717) is 5.58 Å². The molecule has 1 N–H and O–H groups in total. The lowest BCUT2D eigenvalue weighted by Crippen LogP contribution is -2.35. The molecule has 1 aromatic heterocycles. The van der Waals surface area contributed by atoms with Crippen molar-refractivity contribution in [3.8, 4) is 0 Å². The fourth-order valence-electron chi connectivity index (χ4n) is 3.16. The molecule has 27 heavy (non-hydrogen) atoms. The van der Waals surface area contributed by atoms with Crippen LogP contribution in [0, 0.1) is 20.8 Å². The zero-order valence-corrected chi connectivity index (χ0v) is 17.3. The van der Waals surface area contributed by atoms with Gasteiger partial charge in [-0.25, -0.2) is 0 Å². The average molecular weight is 429 g/mol. The maximum atomic E-state index is 12.6. The molecule has 0 spiro atoms. The van der Waals surface area contributed by atoms with Crippen molar-refractivity contribution in [3.63, 3.8) is 0 Å². The Kier molecular flexibility index (Phi) is 5.37. The van der Waals surface area contributed by atoms with E-state index in [-0.39, 0.29) is 24.1 Å². The number of carbonyl (C=O) groups excluding carboxylic acids is 2. The van der Waals surface area contributed by atoms with Crippen LogP contribution in [-0.4, -0.2) is 30.3 Å². The molecule has 2 aromatic carbocycles. The highest BCUT2D eigenvalue weighted by molar-refractivity contribution is 9.10. The van der Waals surface area contributed by atoms with Crippen molar-refractivity contribution in [2.24, 2.45) is 0 Å². The van der Waals surface area contributed by atoms with Gasteiger partial charge in [-0.1, -0.05) is 29.8 Å². The molecule has 1 heterocycles. The number of hydrogen-bond acceptors (Lipinski definition) is 3. The topological polar surface area (TPSA) is 62.6 Å². The summed E-state index contributed by atoms with van der Waals surface area (Å²) in [6, 6.07) is 11.3. The van der Waals surface area contributed by atoms with Crippen LogP contribution in [0.25, 0.3) is 11.0 Å². The van der Waals surface area contributed by atoms with Crippen molar-refractivity contribution in [1.82, 2.24) is 4.90 Å². The summed E-state index contributed by atoms with van der Waals surface area (Å²) >= 11 is 3.41. The molecule has 0 saturated heterocycles. The van der Waals surface area contributed by atoms with Crippen LogP contribution in [0.3, 0.4) is 0 Å². The van der Waals surface area contributed by atoms with Gasteiger partial charge in [0.05, 0.1) is 11.0 Å². The smallest absolute Gasteiger partial charge is 0.289 e. The molecular formula is C21H21BrN2O3. The summed E-state index contributed by atoms with van der Waals surface area (Å²) in [4.78, 5) is 26.4. The first-order valence-corrected chi connectivity index (χ1v) is 9.37. The zero-order valence-electron chi connectivity index (χ0n) is 15.7. The Balaban J connectivity index is 1.72. The molecule has 0 aliphatic carbocycles. The lowest BCUT2D eigenvalue weighted by molar-refractivity contribution is -0.116. The van der Waals surface area contributed by atoms with Crippen LogP contribution in [0.5, 0.6) is 0 Å². The van der Waals surface area contributed by atoms with Crippen LogP contribution in [0.4, 0.5) is 5.69 Å². The number of nitrogens with one attached hydrogen (secondary N) is 1. The number of para-hydroxylation sites is 1. The Bertz CT molecular complexity index is 1020.